The van der Waals surface area contributed by atoms with Gasteiger partial charge in [-0.1, -0.05) is 0 Å². The van der Waals surface area contributed by atoms with Crippen molar-refractivity contribution in [2.75, 3.05) is 26.8 Å². The summed E-state index contributed by atoms with van der Waals surface area (Å²) in [4.78, 5) is 2.35. The molecule has 1 aliphatic heterocycles. The molecule has 1 unspecified atom stereocenters. The number of rotatable bonds is 6. The van der Waals surface area contributed by atoms with Crippen LogP contribution in [0.2, 0.25) is 0 Å². The van der Waals surface area contributed by atoms with E-state index in [2.05, 4.69) is 19.7 Å². The third-order valence-corrected chi connectivity index (χ3v) is 3.13. The number of aromatic nitrogens is 3. The summed E-state index contributed by atoms with van der Waals surface area (Å²) in [7, 11) is 1.73. The number of ether oxygens (including phenoxy) is 1. The molecule has 6 heteroatoms. The predicted molar refractivity (Wildman–Crippen MR) is 64.4 cm³/mol. The van der Waals surface area contributed by atoms with Gasteiger partial charge in [-0.3, -0.25) is 4.90 Å². The minimum absolute atomic E-state index is 0.222. The molecule has 0 aliphatic carbocycles. The normalized spacial score (nSPS) is 18.0. The highest BCUT2D eigenvalue weighted by Gasteiger charge is 2.18. The van der Waals surface area contributed by atoms with Gasteiger partial charge in [0.25, 0.3) is 0 Å². The lowest BCUT2D eigenvalue weighted by atomic mass is 10.1. The molecule has 96 valence electrons. The second-order valence-corrected chi connectivity index (χ2v) is 4.57. The van der Waals surface area contributed by atoms with Gasteiger partial charge in [-0.25, -0.2) is 0 Å². The molecule has 6 nitrogen and oxygen atoms in total. The maximum absolute atomic E-state index is 6.10. The SMILES string of the molecule is COCCCC(N)CN1CCn2cnnc2C1. The van der Waals surface area contributed by atoms with E-state index in [1.807, 2.05) is 0 Å². The molecular weight excluding hydrogens is 218 g/mol. The van der Waals surface area contributed by atoms with Gasteiger partial charge in [0.05, 0.1) is 6.54 Å². The molecule has 0 fully saturated rings. The number of nitrogens with two attached hydrogens (primary N) is 1. The largest absolute Gasteiger partial charge is 0.385 e. The van der Waals surface area contributed by atoms with Gasteiger partial charge in [0.15, 0.2) is 0 Å². The first kappa shape index (κ1) is 12.5. The molecule has 1 aliphatic rings. The molecule has 0 radical (unpaired) electrons. The molecule has 0 saturated carbocycles. The van der Waals surface area contributed by atoms with Crippen molar-refractivity contribution in [3.8, 4) is 0 Å². The van der Waals surface area contributed by atoms with E-state index in [-0.39, 0.29) is 6.04 Å². The number of hydrogen-bond acceptors (Lipinski definition) is 5. The lowest BCUT2D eigenvalue weighted by Crippen LogP contribution is -2.41. The van der Waals surface area contributed by atoms with E-state index in [4.69, 9.17) is 10.5 Å². The smallest absolute Gasteiger partial charge is 0.147 e. The molecule has 2 N–H and O–H groups in total. The Morgan fingerprint density at radius 2 is 2.41 bits per heavy atom. The first-order valence-electron chi connectivity index (χ1n) is 6.13. The zero-order valence-corrected chi connectivity index (χ0v) is 10.4. The Hall–Kier alpha value is -0.980. The summed E-state index contributed by atoms with van der Waals surface area (Å²) >= 11 is 0. The Labute approximate surface area is 102 Å². The topological polar surface area (TPSA) is 69.2 Å². The van der Waals surface area contributed by atoms with E-state index in [0.29, 0.717) is 0 Å². The molecule has 2 heterocycles. The van der Waals surface area contributed by atoms with Gasteiger partial charge in [0.2, 0.25) is 0 Å². The third kappa shape index (κ3) is 3.49. The van der Waals surface area contributed by atoms with E-state index < -0.39 is 0 Å². The van der Waals surface area contributed by atoms with Crippen LogP contribution in [-0.2, 0) is 17.8 Å². The second-order valence-electron chi connectivity index (χ2n) is 4.57. The maximum Gasteiger partial charge on any atom is 0.147 e. The van der Waals surface area contributed by atoms with Crippen LogP contribution in [0.4, 0.5) is 0 Å². The van der Waals surface area contributed by atoms with Crippen molar-refractivity contribution < 1.29 is 4.74 Å². The highest BCUT2D eigenvalue weighted by atomic mass is 16.5. The molecule has 17 heavy (non-hydrogen) atoms. The van der Waals surface area contributed by atoms with Gasteiger partial charge in [0.1, 0.15) is 12.2 Å². The summed E-state index contributed by atoms with van der Waals surface area (Å²) in [5.41, 5.74) is 6.10. The molecule has 2 rings (SSSR count). The molecule has 0 spiro atoms. The fraction of sp³-hybridized carbons (Fsp3) is 0.818. The van der Waals surface area contributed by atoms with Crippen LogP contribution in [0.25, 0.3) is 0 Å². The molecular formula is C11H21N5O. The van der Waals surface area contributed by atoms with Crippen LogP contribution in [0.15, 0.2) is 6.33 Å². The van der Waals surface area contributed by atoms with E-state index in [9.17, 15) is 0 Å². The fourth-order valence-electron chi connectivity index (χ4n) is 2.18. The van der Waals surface area contributed by atoms with Gasteiger partial charge in [-0.2, -0.15) is 0 Å². The van der Waals surface area contributed by atoms with Gasteiger partial charge in [0, 0.05) is 39.4 Å². The average Bonchev–Trinajstić information content (AvgIpc) is 2.76. The van der Waals surface area contributed by atoms with Crippen molar-refractivity contribution in [3.05, 3.63) is 12.2 Å². The molecule has 1 aromatic rings. The molecule has 1 atom stereocenters. The molecule has 0 aromatic carbocycles. The van der Waals surface area contributed by atoms with Crippen LogP contribution in [0.1, 0.15) is 18.7 Å². The zero-order valence-electron chi connectivity index (χ0n) is 10.4. The van der Waals surface area contributed by atoms with E-state index in [1.54, 1.807) is 13.4 Å². The fourth-order valence-corrected chi connectivity index (χ4v) is 2.18. The van der Waals surface area contributed by atoms with Crippen molar-refractivity contribution in [1.29, 1.82) is 0 Å². The summed E-state index contributed by atoms with van der Waals surface area (Å²) in [6.45, 7) is 4.58. The minimum Gasteiger partial charge on any atom is -0.385 e. The zero-order chi connectivity index (χ0) is 12.1. The standard InChI is InChI=1S/C11H21N5O/c1-17-6-2-3-10(12)7-15-4-5-16-9-13-14-11(16)8-15/h9-10H,2-8,12H2,1H3. The summed E-state index contributed by atoms with van der Waals surface area (Å²) in [6.07, 6.45) is 3.84. The number of hydrogen-bond donors (Lipinski definition) is 1. The molecule has 0 bridgehead atoms. The number of nitrogens with zero attached hydrogens (tertiary/aromatic N) is 4. The summed E-state index contributed by atoms with van der Waals surface area (Å²) in [5, 5.41) is 8.02. The van der Waals surface area contributed by atoms with Crippen LogP contribution in [0, 0.1) is 0 Å². The minimum atomic E-state index is 0.222. The summed E-state index contributed by atoms with van der Waals surface area (Å²) in [5.74, 6) is 1.04. The van der Waals surface area contributed by atoms with Crippen LogP contribution in [0.3, 0.4) is 0 Å². The lowest BCUT2D eigenvalue weighted by Gasteiger charge is -2.29. The van der Waals surface area contributed by atoms with E-state index in [0.717, 1.165) is 51.5 Å². The van der Waals surface area contributed by atoms with Crippen LogP contribution in [-0.4, -0.2) is 52.5 Å². The van der Waals surface area contributed by atoms with Crippen molar-refractivity contribution >= 4 is 0 Å². The molecule has 0 amide bonds. The predicted octanol–water partition coefficient (Wildman–Crippen LogP) is -0.152. The Morgan fingerprint density at radius 3 is 3.24 bits per heavy atom. The van der Waals surface area contributed by atoms with Crippen molar-refractivity contribution in [3.63, 3.8) is 0 Å². The van der Waals surface area contributed by atoms with Gasteiger partial charge in [-0.15, -0.1) is 10.2 Å². The second kappa shape index (κ2) is 6.09. The maximum atomic E-state index is 6.10. The average molecular weight is 239 g/mol. The van der Waals surface area contributed by atoms with E-state index >= 15 is 0 Å². The Kier molecular flexibility index (Phi) is 4.47. The lowest BCUT2D eigenvalue weighted by molar-refractivity contribution is 0.176. The monoisotopic (exact) mass is 239 g/mol. The van der Waals surface area contributed by atoms with E-state index in [1.165, 1.54) is 0 Å². The van der Waals surface area contributed by atoms with Crippen molar-refractivity contribution in [2.45, 2.75) is 32.0 Å². The number of methoxy groups -OCH3 is 1. The van der Waals surface area contributed by atoms with Crippen molar-refractivity contribution in [2.24, 2.45) is 5.73 Å². The summed E-state index contributed by atoms with van der Waals surface area (Å²) < 4.78 is 7.13. The summed E-state index contributed by atoms with van der Waals surface area (Å²) in [6, 6.07) is 0.222. The molecule has 0 saturated heterocycles. The van der Waals surface area contributed by atoms with Gasteiger partial charge < -0.3 is 15.0 Å². The number of fused-ring (bicyclic) bond motifs is 1. The molecule has 1 aromatic heterocycles. The van der Waals surface area contributed by atoms with Crippen LogP contribution in [0.5, 0.6) is 0 Å². The third-order valence-electron chi connectivity index (χ3n) is 3.13. The quantitative estimate of drug-likeness (QED) is 0.699. The van der Waals surface area contributed by atoms with Gasteiger partial charge in [-0.05, 0) is 12.8 Å². The Bertz CT molecular complexity index is 340. The first-order chi connectivity index (χ1) is 8.29. The Morgan fingerprint density at radius 1 is 1.53 bits per heavy atom. The van der Waals surface area contributed by atoms with Crippen molar-refractivity contribution in [1.82, 2.24) is 19.7 Å². The highest BCUT2D eigenvalue weighted by Crippen LogP contribution is 2.10. The first-order valence-corrected chi connectivity index (χ1v) is 6.13. The van der Waals surface area contributed by atoms with Crippen LogP contribution >= 0.6 is 0 Å². The van der Waals surface area contributed by atoms with Crippen LogP contribution < -0.4 is 5.73 Å². The highest BCUT2D eigenvalue weighted by molar-refractivity contribution is 4.90. The van der Waals surface area contributed by atoms with Gasteiger partial charge >= 0.3 is 0 Å². The Balaban J connectivity index is 1.74.